The number of hydrogen-bond donors (Lipinski definition) is 0. The van der Waals surface area contributed by atoms with Gasteiger partial charge in [-0.2, -0.15) is 35.1 Å². The topological polar surface area (TPSA) is 0 Å². The molecule has 0 nitrogen and oxygen atoms in total. The molecule has 0 aromatic carbocycles. The summed E-state index contributed by atoms with van der Waals surface area (Å²) in [6, 6.07) is 0. The van der Waals surface area contributed by atoms with Crippen LogP contribution in [0.1, 0.15) is 0 Å². The van der Waals surface area contributed by atoms with Gasteiger partial charge in [-0.3, -0.25) is 0 Å². The second kappa shape index (κ2) is 4.04. The van der Waals surface area contributed by atoms with Crippen molar-refractivity contribution in [2.75, 3.05) is 0 Å². The second-order valence-corrected chi connectivity index (χ2v) is 4.33. The normalized spacial score (nSPS) is 21.9. The van der Waals surface area contributed by atoms with Gasteiger partial charge in [0.25, 0.3) is 4.58 Å². The van der Waals surface area contributed by atoms with Crippen molar-refractivity contribution in [3.8, 4) is 0 Å². The number of rotatable bonds is 2. The van der Waals surface area contributed by atoms with E-state index in [0.29, 0.717) is 0 Å². The Balaban J connectivity index is 5.73. The lowest BCUT2D eigenvalue weighted by Gasteiger charge is -2.37. The fourth-order valence-corrected chi connectivity index (χ4v) is 1.12. The second-order valence-electron chi connectivity index (χ2n) is 2.72. The zero-order valence-corrected chi connectivity index (χ0v) is 9.38. The standard InChI is InChI=1S/C5BrClF10/c6-1(8,2(7,9)4(12,13)14)3(10,11)5(15,16)17. The van der Waals surface area contributed by atoms with Crippen LogP contribution < -0.4 is 0 Å². The summed E-state index contributed by atoms with van der Waals surface area (Å²) in [6.07, 6.45) is -13.3. The lowest BCUT2D eigenvalue weighted by atomic mass is 10.1. The molecule has 0 saturated carbocycles. The maximum absolute atomic E-state index is 12.9. The predicted molar refractivity (Wildman–Crippen MR) is 39.5 cm³/mol. The largest absolute Gasteiger partial charge is 0.457 e. The van der Waals surface area contributed by atoms with Crippen molar-refractivity contribution in [3.05, 3.63) is 0 Å². The van der Waals surface area contributed by atoms with Gasteiger partial charge < -0.3 is 0 Å². The third-order valence-electron chi connectivity index (χ3n) is 1.50. The van der Waals surface area contributed by atoms with Crippen LogP contribution >= 0.6 is 27.5 Å². The van der Waals surface area contributed by atoms with Crippen LogP contribution in [0.2, 0.25) is 0 Å². The third-order valence-corrected chi connectivity index (χ3v) is 3.25. The smallest absolute Gasteiger partial charge is 0.219 e. The van der Waals surface area contributed by atoms with Crippen LogP contribution in [0.5, 0.6) is 0 Å². The van der Waals surface area contributed by atoms with Crippen LogP contribution in [-0.4, -0.2) is 28.0 Å². The fourth-order valence-electron chi connectivity index (χ4n) is 0.553. The molecule has 2 unspecified atom stereocenters. The molecule has 0 amide bonds. The molecule has 0 aromatic heterocycles. The molecule has 0 aliphatic carbocycles. The lowest BCUT2D eigenvalue weighted by molar-refractivity contribution is -0.338. The van der Waals surface area contributed by atoms with Crippen LogP contribution in [0, 0.1) is 0 Å². The molecule has 0 aromatic rings. The molecule has 104 valence electrons. The molecule has 0 saturated heterocycles. The van der Waals surface area contributed by atoms with Gasteiger partial charge in [0, 0.05) is 0 Å². The zero-order chi connectivity index (χ0) is 14.5. The molecule has 12 heteroatoms. The van der Waals surface area contributed by atoms with Crippen LogP contribution in [0.25, 0.3) is 0 Å². The Morgan fingerprint density at radius 3 is 1.12 bits per heavy atom. The molecule has 0 fully saturated rings. The summed E-state index contributed by atoms with van der Waals surface area (Å²) >= 11 is 4.53. The van der Waals surface area contributed by atoms with Crippen molar-refractivity contribution >= 4 is 27.5 Å². The fraction of sp³-hybridized carbons (Fsp3) is 1.00. The Kier molecular flexibility index (Phi) is 4.05. The van der Waals surface area contributed by atoms with Crippen molar-refractivity contribution in [2.45, 2.75) is 28.0 Å². The maximum Gasteiger partial charge on any atom is 0.457 e. The summed E-state index contributed by atoms with van der Waals surface area (Å²) in [5.41, 5.74) is 0. The Morgan fingerprint density at radius 2 is 0.941 bits per heavy atom. The van der Waals surface area contributed by atoms with E-state index in [9.17, 15) is 43.9 Å². The molecule has 0 radical (unpaired) electrons. The Morgan fingerprint density at radius 1 is 0.647 bits per heavy atom. The molecule has 17 heavy (non-hydrogen) atoms. The third kappa shape index (κ3) is 2.45. The minimum atomic E-state index is -6.78. The average molecular weight is 365 g/mol. The van der Waals surface area contributed by atoms with Crippen molar-refractivity contribution in [3.63, 3.8) is 0 Å². The minimum absolute atomic E-state index is 0.733. The molecule has 0 spiro atoms. The summed E-state index contributed by atoms with van der Waals surface area (Å²) < 4.78 is 115. The Hall–Kier alpha value is 0.0700. The summed E-state index contributed by atoms with van der Waals surface area (Å²) in [7, 11) is 0. The maximum atomic E-state index is 12.9. The van der Waals surface area contributed by atoms with Crippen molar-refractivity contribution in [2.24, 2.45) is 0 Å². The van der Waals surface area contributed by atoms with Crippen LogP contribution in [0.3, 0.4) is 0 Å². The van der Waals surface area contributed by atoms with E-state index in [1.54, 1.807) is 0 Å². The van der Waals surface area contributed by atoms with Crippen molar-refractivity contribution < 1.29 is 43.9 Å². The molecule has 0 N–H and O–H groups in total. The summed E-state index contributed by atoms with van der Waals surface area (Å²) in [5.74, 6) is -6.70. The highest BCUT2D eigenvalue weighted by Gasteiger charge is 2.84. The van der Waals surface area contributed by atoms with Gasteiger partial charge in [-0.1, -0.05) is 11.6 Å². The minimum Gasteiger partial charge on any atom is -0.219 e. The average Bonchev–Trinajstić information content (AvgIpc) is 1.98. The highest BCUT2D eigenvalue weighted by atomic mass is 79.9. The first kappa shape index (κ1) is 17.1. The van der Waals surface area contributed by atoms with Crippen LogP contribution in [0.15, 0.2) is 0 Å². The molecule has 0 rings (SSSR count). The predicted octanol–water partition coefficient (Wildman–Crippen LogP) is 4.71. The van der Waals surface area contributed by atoms with Crippen molar-refractivity contribution in [1.29, 1.82) is 0 Å². The Labute approximate surface area is 100 Å². The summed E-state index contributed by atoms with van der Waals surface area (Å²) in [4.78, 5) is 0. The quantitative estimate of drug-likeness (QED) is 0.491. The van der Waals surface area contributed by atoms with Gasteiger partial charge in [0.2, 0.25) is 0 Å². The molecular formula is C5BrClF10. The first-order chi connectivity index (χ1) is 7.00. The summed E-state index contributed by atoms with van der Waals surface area (Å²) in [5, 5.41) is -5.97. The molecule has 0 heterocycles. The number of alkyl halides is 12. The van der Waals surface area contributed by atoms with E-state index in [-0.39, 0.29) is 0 Å². The number of hydrogen-bond acceptors (Lipinski definition) is 0. The SMILES string of the molecule is FC(F)(F)C(F)(F)C(F)(Br)C(F)(Cl)C(F)(F)F. The van der Waals surface area contributed by atoms with Gasteiger partial charge in [-0.25, -0.2) is 8.78 Å². The zero-order valence-electron chi connectivity index (χ0n) is 7.04. The number of halogens is 12. The van der Waals surface area contributed by atoms with Crippen LogP contribution in [0.4, 0.5) is 43.9 Å². The molecule has 2 atom stereocenters. The van der Waals surface area contributed by atoms with Gasteiger partial charge in [-0.05, 0) is 15.9 Å². The lowest BCUT2D eigenvalue weighted by Crippen LogP contribution is -2.63. The highest BCUT2D eigenvalue weighted by molar-refractivity contribution is 9.10. The highest BCUT2D eigenvalue weighted by Crippen LogP contribution is 2.60. The van der Waals surface area contributed by atoms with E-state index in [2.05, 4.69) is 11.6 Å². The van der Waals surface area contributed by atoms with Gasteiger partial charge in [0.05, 0.1) is 0 Å². The van der Waals surface area contributed by atoms with Crippen molar-refractivity contribution in [1.82, 2.24) is 0 Å². The van der Waals surface area contributed by atoms with E-state index in [4.69, 9.17) is 0 Å². The van der Waals surface area contributed by atoms with E-state index in [1.165, 1.54) is 0 Å². The monoisotopic (exact) mass is 364 g/mol. The molecular weight excluding hydrogens is 365 g/mol. The summed E-state index contributed by atoms with van der Waals surface area (Å²) in [6.45, 7) is 0. The van der Waals surface area contributed by atoms with E-state index < -0.39 is 28.0 Å². The van der Waals surface area contributed by atoms with Gasteiger partial charge in [-0.15, -0.1) is 0 Å². The Bertz CT molecular complexity index is 260. The van der Waals surface area contributed by atoms with Gasteiger partial charge in [0.15, 0.2) is 0 Å². The van der Waals surface area contributed by atoms with E-state index in [1.807, 2.05) is 0 Å². The molecule has 0 aliphatic heterocycles. The first-order valence-electron chi connectivity index (χ1n) is 3.27. The van der Waals surface area contributed by atoms with Gasteiger partial charge in [0.1, 0.15) is 0 Å². The first-order valence-corrected chi connectivity index (χ1v) is 4.44. The molecule has 0 aliphatic rings. The van der Waals surface area contributed by atoms with E-state index in [0.717, 1.165) is 15.9 Å². The van der Waals surface area contributed by atoms with E-state index >= 15 is 0 Å². The molecule has 0 bridgehead atoms. The van der Waals surface area contributed by atoms with Gasteiger partial charge >= 0.3 is 23.4 Å². The van der Waals surface area contributed by atoms with Crippen LogP contribution in [-0.2, 0) is 0 Å².